The number of fused-ring (bicyclic) bond motifs is 1. The SMILES string of the molecule is Cc1ccc([C@@H]2[C@@H]3C(=O)N(c4ccccc4Cl)C(=O)[C@@H]3ON2c2ccccc2)cc1. The summed E-state index contributed by atoms with van der Waals surface area (Å²) in [5, 5.41) is 2.05. The molecule has 3 aromatic rings. The number of hydroxylamine groups is 1. The van der Waals surface area contributed by atoms with Gasteiger partial charge in [0.1, 0.15) is 5.92 Å². The summed E-state index contributed by atoms with van der Waals surface area (Å²) in [6, 6.07) is 23.9. The van der Waals surface area contributed by atoms with E-state index in [-0.39, 0.29) is 5.91 Å². The molecule has 2 aliphatic heterocycles. The molecule has 0 spiro atoms. The minimum Gasteiger partial charge on any atom is -0.273 e. The first-order valence-corrected chi connectivity index (χ1v) is 10.1. The monoisotopic (exact) mass is 418 g/mol. The fourth-order valence-electron chi connectivity index (χ4n) is 4.19. The van der Waals surface area contributed by atoms with E-state index in [0.717, 1.165) is 16.8 Å². The minimum absolute atomic E-state index is 0.304. The number of halogens is 1. The van der Waals surface area contributed by atoms with Crippen molar-refractivity contribution in [1.29, 1.82) is 0 Å². The van der Waals surface area contributed by atoms with Crippen molar-refractivity contribution in [3.05, 3.63) is 95.0 Å². The maximum absolute atomic E-state index is 13.5. The molecule has 5 rings (SSSR count). The number of amides is 2. The first-order chi connectivity index (χ1) is 14.6. The Morgan fingerprint density at radius 1 is 0.833 bits per heavy atom. The summed E-state index contributed by atoms with van der Waals surface area (Å²) in [5.41, 5.74) is 3.22. The van der Waals surface area contributed by atoms with Crippen LogP contribution < -0.4 is 9.96 Å². The van der Waals surface area contributed by atoms with Gasteiger partial charge in [-0.3, -0.25) is 14.4 Å². The van der Waals surface area contributed by atoms with Crippen LogP contribution in [0.25, 0.3) is 0 Å². The summed E-state index contributed by atoms with van der Waals surface area (Å²) in [6.07, 6.45) is -0.903. The van der Waals surface area contributed by atoms with Crippen LogP contribution in [0.2, 0.25) is 5.02 Å². The summed E-state index contributed by atoms with van der Waals surface area (Å²) >= 11 is 6.29. The van der Waals surface area contributed by atoms with E-state index in [1.54, 1.807) is 29.3 Å². The summed E-state index contributed by atoms with van der Waals surface area (Å²) in [6.45, 7) is 2.01. The van der Waals surface area contributed by atoms with E-state index in [2.05, 4.69) is 0 Å². The van der Waals surface area contributed by atoms with Crippen molar-refractivity contribution in [3.8, 4) is 0 Å². The van der Waals surface area contributed by atoms with Gasteiger partial charge in [0.2, 0.25) is 5.91 Å². The van der Waals surface area contributed by atoms with Crippen LogP contribution in [0.5, 0.6) is 0 Å². The number of imide groups is 1. The molecule has 6 heteroatoms. The highest BCUT2D eigenvalue weighted by atomic mass is 35.5. The lowest BCUT2D eigenvalue weighted by Gasteiger charge is -2.29. The Labute approximate surface area is 179 Å². The Morgan fingerprint density at radius 3 is 2.20 bits per heavy atom. The Kier molecular flexibility index (Phi) is 4.57. The number of hydrogen-bond acceptors (Lipinski definition) is 4. The number of carbonyl (C=O) groups is 2. The number of benzene rings is 3. The van der Waals surface area contributed by atoms with Gasteiger partial charge in [0.15, 0.2) is 6.10 Å². The zero-order valence-electron chi connectivity index (χ0n) is 16.2. The van der Waals surface area contributed by atoms with Crippen molar-refractivity contribution in [2.45, 2.75) is 19.1 Å². The molecule has 150 valence electrons. The Morgan fingerprint density at radius 2 is 1.50 bits per heavy atom. The smallest absolute Gasteiger partial charge is 0.266 e. The number of carbonyl (C=O) groups excluding carboxylic acids is 2. The molecular weight excluding hydrogens is 400 g/mol. The molecule has 30 heavy (non-hydrogen) atoms. The molecule has 0 radical (unpaired) electrons. The number of nitrogens with zero attached hydrogens (tertiary/aromatic N) is 2. The van der Waals surface area contributed by atoms with Gasteiger partial charge in [-0.25, -0.2) is 9.96 Å². The highest BCUT2D eigenvalue weighted by molar-refractivity contribution is 6.36. The van der Waals surface area contributed by atoms with Gasteiger partial charge >= 0.3 is 0 Å². The molecule has 3 atom stereocenters. The van der Waals surface area contributed by atoms with Crippen LogP contribution in [0.15, 0.2) is 78.9 Å². The largest absolute Gasteiger partial charge is 0.273 e. The highest BCUT2D eigenvalue weighted by Crippen LogP contribution is 2.48. The van der Waals surface area contributed by atoms with Gasteiger partial charge in [-0.1, -0.05) is 71.8 Å². The predicted octanol–water partition coefficient (Wildman–Crippen LogP) is 4.70. The molecule has 2 fully saturated rings. The fraction of sp³-hybridized carbons (Fsp3) is 0.167. The third kappa shape index (κ3) is 2.90. The number of rotatable bonds is 3. The summed E-state index contributed by atoms with van der Waals surface area (Å²) in [7, 11) is 0. The van der Waals surface area contributed by atoms with Crippen molar-refractivity contribution >= 4 is 34.8 Å². The van der Waals surface area contributed by atoms with Crippen LogP contribution in [-0.2, 0) is 14.4 Å². The number of anilines is 2. The van der Waals surface area contributed by atoms with E-state index < -0.39 is 24.0 Å². The molecule has 0 saturated carbocycles. The van der Waals surface area contributed by atoms with E-state index in [9.17, 15) is 9.59 Å². The van der Waals surface area contributed by atoms with Gasteiger partial charge < -0.3 is 0 Å². The second kappa shape index (κ2) is 7.27. The lowest BCUT2D eigenvalue weighted by Crippen LogP contribution is -2.37. The van der Waals surface area contributed by atoms with E-state index in [1.165, 1.54) is 4.90 Å². The number of aryl methyl sites for hydroxylation is 1. The van der Waals surface area contributed by atoms with Crippen LogP contribution in [0, 0.1) is 12.8 Å². The maximum atomic E-state index is 13.5. The predicted molar refractivity (Wildman–Crippen MR) is 115 cm³/mol. The topological polar surface area (TPSA) is 49.9 Å². The van der Waals surface area contributed by atoms with Crippen LogP contribution in [0.4, 0.5) is 11.4 Å². The normalized spacial score (nSPS) is 23.2. The third-order valence-corrected chi connectivity index (χ3v) is 5.96. The van der Waals surface area contributed by atoms with E-state index in [4.69, 9.17) is 16.4 Å². The van der Waals surface area contributed by atoms with Crippen LogP contribution in [0.1, 0.15) is 17.2 Å². The minimum atomic E-state index is -0.903. The average molecular weight is 419 g/mol. The van der Waals surface area contributed by atoms with Gasteiger partial charge in [-0.15, -0.1) is 0 Å². The number of para-hydroxylation sites is 2. The van der Waals surface area contributed by atoms with E-state index in [0.29, 0.717) is 10.7 Å². The molecule has 2 amide bonds. The van der Waals surface area contributed by atoms with Gasteiger partial charge in [0.05, 0.1) is 22.4 Å². The van der Waals surface area contributed by atoms with Crippen molar-refractivity contribution in [1.82, 2.24) is 0 Å². The summed E-state index contributed by atoms with van der Waals surface area (Å²) in [4.78, 5) is 34.1. The second-order valence-corrected chi connectivity index (χ2v) is 7.94. The number of hydrogen-bond donors (Lipinski definition) is 0. The van der Waals surface area contributed by atoms with Gasteiger partial charge in [-0.05, 0) is 36.8 Å². The van der Waals surface area contributed by atoms with Crippen molar-refractivity contribution < 1.29 is 14.4 Å². The molecule has 3 aromatic carbocycles. The highest BCUT2D eigenvalue weighted by Gasteiger charge is 2.60. The second-order valence-electron chi connectivity index (χ2n) is 7.53. The Balaban J connectivity index is 1.60. The maximum Gasteiger partial charge on any atom is 0.266 e. The zero-order chi connectivity index (χ0) is 20.8. The van der Waals surface area contributed by atoms with Crippen LogP contribution in [-0.4, -0.2) is 17.9 Å². The van der Waals surface area contributed by atoms with Gasteiger partial charge in [-0.2, -0.15) is 0 Å². The summed E-state index contributed by atoms with van der Waals surface area (Å²) in [5.74, 6) is -1.37. The lowest BCUT2D eigenvalue weighted by atomic mass is 9.90. The van der Waals surface area contributed by atoms with E-state index in [1.807, 2.05) is 61.5 Å². The molecule has 0 unspecified atom stereocenters. The average Bonchev–Trinajstić information content (AvgIpc) is 3.26. The molecule has 0 aliphatic carbocycles. The van der Waals surface area contributed by atoms with Crippen molar-refractivity contribution in [2.24, 2.45) is 5.92 Å². The standard InChI is InChI=1S/C24H19ClN2O3/c1-15-11-13-16(14-12-15)21-20-22(30-27(21)17-7-3-2-4-8-17)24(29)26(23(20)28)19-10-6-5-9-18(19)25/h2-14,20-22H,1H3/t20-,21+,22+/m0/s1. The van der Waals surface area contributed by atoms with Crippen LogP contribution in [0.3, 0.4) is 0 Å². The first-order valence-electron chi connectivity index (χ1n) is 9.76. The Bertz CT molecular complexity index is 1120. The summed E-state index contributed by atoms with van der Waals surface area (Å²) < 4.78 is 0. The first kappa shape index (κ1) is 18.9. The van der Waals surface area contributed by atoms with Crippen LogP contribution >= 0.6 is 11.6 Å². The molecule has 0 N–H and O–H groups in total. The molecular formula is C24H19ClN2O3. The quantitative estimate of drug-likeness (QED) is 0.578. The molecule has 5 nitrogen and oxygen atoms in total. The third-order valence-electron chi connectivity index (χ3n) is 5.64. The molecule has 2 heterocycles. The lowest BCUT2D eigenvalue weighted by molar-refractivity contribution is -0.126. The van der Waals surface area contributed by atoms with Gasteiger partial charge in [0, 0.05) is 0 Å². The van der Waals surface area contributed by atoms with Gasteiger partial charge in [0.25, 0.3) is 5.91 Å². The Hall–Kier alpha value is -3.15. The molecule has 0 bridgehead atoms. The van der Waals surface area contributed by atoms with E-state index >= 15 is 0 Å². The molecule has 2 aliphatic rings. The fourth-order valence-corrected chi connectivity index (χ4v) is 4.41. The van der Waals surface area contributed by atoms with Crippen molar-refractivity contribution in [3.63, 3.8) is 0 Å². The molecule has 2 saturated heterocycles. The zero-order valence-corrected chi connectivity index (χ0v) is 17.0. The van der Waals surface area contributed by atoms with Crippen molar-refractivity contribution in [2.75, 3.05) is 9.96 Å². The molecule has 0 aromatic heterocycles.